The fourth-order valence-corrected chi connectivity index (χ4v) is 6.58. The predicted molar refractivity (Wildman–Crippen MR) is 95.9 cm³/mol. The Morgan fingerprint density at radius 1 is 1.25 bits per heavy atom. The first-order chi connectivity index (χ1) is 11.4. The van der Waals surface area contributed by atoms with E-state index in [2.05, 4.69) is 22.9 Å². The third kappa shape index (κ3) is 2.11. The fourth-order valence-electron chi connectivity index (χ4n) is 6.12. The van der Waals surface area contributed by atoms with Crippen LogP contribution >= 0.6 is 15.9 Å². The quantitative estimate of drug-likeness (QED) is 0.725. The van der Waals surface area contributed by atoms with Gasteiger partial charge in [-0.05, 0) is 74.0 Å². The van der Waals surface area contributed by atoms with E-state index in [1.54, 1.807) is 0 Å². The van der Waals surface area contributed by atoms with E-state index in [0.29, 0.717) is 24.7 Å². The van der Waals surface area contributed by atoms with Gasteiger partial charge in [0.15, 0.2) is 11.6 Å². The van der Waals surface area contributed by atoms with Gasteiger partial charge >= 0.3 is 0 Å². The van der Waals surface area contributed by atoms with Crippen LogP contribution < -0.4 is 0 Å². The zero-order valence-corrected chi connectivity index (χ0v) is 15.8. The van der Waals surface area contributed by atoms with Crippen molar-refractivity contribution in [2.24, 2.45) is 17.3 Å². The summed E-state index contributed by atoms with van der Waals surface area (Å²) in [6, 6.07) is 0. The van der Waals surface area contributed by atoms with Crippen molar-refractivity contribution in [2.45, 2.75) is 63.9 Å². The first-order valence-electron chi connectivity index (χ1n) is 9.18. The van der Waals surface area contributed by atoms with Crippen molar-refractivity contribution < 1.29 is 14.7 Å². The molecule has 3 nitrogen and oxygen atoms in total. The van der Waals surface area contributed by atoms with Crippen LogP contribution in [-0.4, -0.2) is 27.6 Å². The van der Waals surface area contributed by atoms with Crippen molar-refractivity contribution in [3.63, 3.8) is 0 Å². The molecule has 0 heterocycles. The summed E-state index contributed by atoms with van der Waals surface area (Å²) in [4.78, 5) is 24.2. The van der Waals surface area contributed by atoms with Crippen molar-refractivity contribution >= 4 is 27.5 Å². The third-order valence-electron chi connectivity index (χ3n) is 7.47. The number of fused-ring (bicyclic) bond motifs is 4. The number of Topliss-reactive ketones (excluding diaryl/α,β-unsaturated/α-hetero) is 1. The molecule has 0 amide bonds. The van der Waals surface area contributed by atoms with Crippen LogP contribution in [0.15, 0.2) is 22.8 Å². The second-order valence-corrected chi connectivity index (χ2v) is 8.83. The second-order valence-electron chi connectivity index (χ2n) is 8.26. The number of allylic oxidation sites excluding steroid dienone is 4. The molecule has 0 aromatic carbocycles. The topological polar surface area (TPSA) is 54.4 Å². The number of carbonyl (C=O) groups is 2. The van der Waals surface area contributed by atoms with Gasteiger partial charge in [0.2, 0.25) is 0 Å². The Hall–Kier alpha value is -0.740. The first-order valence-corrected chi connectivity index (χ1v) is 10.3. The highest BCUT2D eigenvalue weighted by Gasteiger charge is 2.63. The Balaban J connectivity index is 1.72. The molecule has 0 saturated heterocycles. The Morgan fingerprint density at radius 2 is 2.04 bits per heavy atom. The lowest BCUT2D eigenvalue weighted by Crippen LogP contribution is -2.54. The maximum Gasteiger partial charge on any atom is 0.175 e. The van der Waals surface area contributed by atoms with Crippen LogP contribution in [0.1, 0.15) is 58.3 Å². The summed E-state index contributed by atoms with van der Waals surface area (Å²) in [6.45, 7) is 2.14. The maximum atomic E-state index is 12.5. The molecule has 0 aliphatic heterocycles. The van der Waals surface area contributed by atoms with Gasteiger partial charge in [-0.15, -0.1) is 0 Å². The lowest BCUT2D eigenvalue weighted by atomic mass is 9.54. The van der Waals surface area contributed by atoms with E-state index in [1.807, 2.05) is 6.08 Å². The molecule has 24 heavy (non-hydrogen) atoms. The molecular formula is C20H25BrO3. The van der Waals surface area contributed by atoms with Gasteiger partial charge in [0, 0.05) is 11.8 Å². The Kier molecular flexibility index (Phi) is 3.92. The van der Waals surface area contributed by atoms with Crippen LogP contribution in [0.4, 0.5) is 0 Å². The SMILES string of the molecule is CC12CCC3=C4CCC(=O)C=C4CCC3C1CC[C@]2(O)C(=O)CBr. The molecule has 130 valence electrons. The molecule has 2 saturated carbocycles. The smallest absolute Gasteiger partial charge is 0.175 e. The maximum absolute atomic E-state index is 12.5. The van der Waals surface area contributed by atoms with Gasteiger partial charge in [0.1, 0.15) is 5.60 Å². The summed E-state index contributed by atoms with van der Waals surface area (Å²) in [5.74, 6) is 1.09. The number of aliphatic hydroxyl groups is 1. The Labute approximate surface area is 151 Å². The average molecular weight is 393 g/mol. The molecule has 0 aromatic heterocycles. The minimum atomic E-state index is -1.17. The van der Waals surface area contributed by atoms with Gasteiger partial charge in [0.05, 0.1) is 5.33 Å². The number of hydrogen-bond acceptors (Lipinski definition) is 3. The fraction of sp³-hybridized carbons (Fsp3) is 0.700. The summed E-state index contributed by atoms with van der Waals surface area (Å²) < 4.78 is 0. The largest absolute Gasteiger partial charge is 0.381 e. The highest BCUT2D eigenvalue weighted by Crippen LogP contribution is 2.63. The lowest BCUT2D eigenvalue weighted by molar-refractivity contribution is -0.151. The molecule has 0 radical (unpaired) electrons. The molecule has 4 aliphatic carbocycles. The molecule has 4 rings (SSSR count). The van der Waals surface area contributed by atoms with Crippen LogP contribution in [-0.2, 0) is 9.59 Å². The number of rotatable bonds is 2. The van der Waals surface area contributed by atoms with Gasteiger partial charge in [-0.25, -0.2) is 0 Å². The molecule has 0 spiro atoms. The van der Waals surface area contributed by atoms with Crippen LogP contribution in [0, 0.1) is 17.3 Å². The molecule has 0 aromatic rings. The van der Waals surface area contributed by atoms with Crippen molar-refractivity contribution in [3.8, 4) is 0 Å². The van der Waals surface area contributed by atoms with E-state index in [1.165, 1.54) is 16.7 Å². The van der Waals surface area contributed by atoms with Crippen molar-refractivity contribution in [1.82, 2.24) is 0 Å². The highest BCUT2D eigenvalue weighted by molar-refractivity contribution is 9.09. The van der Waals surface area contributed by atoms with Crippen LogP contribution in [0.2, 0.25) is 0 Å². The summed E-state index contributed by atoms with van der Waals surface area (Å²) in [6.07, 6.45) is 8.83. The zero-order valence-electron chi connectivity index (χ0n) is 14.2. The number of hydrogen-bond donors (Lipinski definition) is 1. The molecule has 4 aliphatic rings. The van der Waals surface area contributed by atoms with Gasteiger partial charge in [-0.1, -0.05) is 28.4 Å². The van der Waals surface area contributed by atoms with Crippen LogP contribution in [0.5, 0.6) is 0 Å². The third-order valence-corrected chi connectivity index (χ3v) is 7.98. The van der Waals surface area contributed by atoms with Gasteiger partial charge in [0.25, 0.3) is 0 Å². The standard InChI is InChI=1S/C20H25BrO3/c1-19-8-6-15-14-5-3-13(22)10-12(14)2-4-16(15)17(19)7-9-20(19,24)18(23)11-21/h10,16-17,24H,2-9,11H2,1H3/t16?,17?,19?,20-/m0/s1. The number of halogens is 1. The Bertz CT molecular complexity index is 676. The number of ketones is 2. The molecule has 4 atom stereocenters. The molecular weight excluding hydrogens is 368 g/mol. The van der Waals surface area contributed by atoms with Gasteiger partial charge in [-0.2, -0.15) is 0 Å². The van der Waals surface area contributed by atoms with E-state index in [4.69, 9.17) is 0 Å². The molecule has 3 unspecified atom stereocenters. The second kappa shape index (κ2) is 5.63. The first kappa shape index (κ1) is 16.7. The molecule has 4 heteroatoms. The summed E-state index contributed by atoms with van der Waals surface area (Å²) in [5.41, 5.74) is 2.77. The van der Waals surface area contributed by atoms with E-state index >= 15 is 0 Å². The van der Waals surface area contributed by atoms with Gasteiger partial charge < -0.3 is 5.11 Å². The number of carbonyl (C=O) groups excluding carboxylic acids is 2. The molecule has 1 N–H and O–H groups in total. The Morgan fingerprint density at radius 3 is 2.79 bits per heavy atom. The zero-order chi connectivity index (χ0) is 17.1. The lowest BCUT2D eigenvalue weighted by Gasteiger charge is -2.51. The molecule has 0 bridgehead atoms. The van der Waals surface area contributed by atoms with Crippen molar-refractivity contribution in [2.75, 3.05) is 5.33 Å². The summed E-state index contributed by atoms with van der Waals surface area (Å²) >= 11 is 3.26. The van der Waals surface area contributed by atoms with E-state index < -0.39 is 5.60 Å². The monoisotopic (exact) mass is 392 g/mol. The normalized spacial score (nSPS) is 41.5. The highest BCUT2D eigenvalue weighted by atomic mass is 79.9. The number of alkyl halides is 1. The van der Waals surface area contributed by atoms with E-state index in [-0.39, 0.29) is 22.3 Å². The van der Waals surface area contributed by atoms with Crippen LogP contribution in [0.25, 0.3) is 0 Å². The van der Waals surface area contributed by atoms with Crippen LogP contribution in [0.3, 0.4) is 0 Å². The summed E-state index contributed by atoms with van der Waals surface area (Å²) in [7, 11) is 0. The molecule has 2 fully saturated rings. The summed E-state index contributed by atoms with van der Waals surface area (Å²) in [5, 5.41) is 11.5. The van der Waals surface area contributed by atoms with Crippen molar-refractivity contribution in [1.29, 1.82) is 0 Å². The minimum absolute atomic E-state index is 0.0525. The van der Waals surface area contributed by atoms with E-state index in [0.717, 1.165) is 38.5 Å². The minimum Gasteiger partial charge on any atom is -0.381 e. The van der Waals surface area contributed by atoms with Gasteiger partial charge in [-0.3, -0.25) is 9.59 Å². The average Bonchev–Trinajstić information content (AvgIpc) is 2.86. The predicted octanol–water partition coefficient (Wildman–Crippen LogP) is 3.89. The van der Waals surface area contributed by atoms with Crippen molar-refractivity contribution in [3.05, 3.63) is 22.8 Å². The van der Waals surface area contributed by atoms with E-state index in [9.17, 15) is 14.7 Å².